The summed E-state index contributed by atoms with van der Waals surface area (Å²) in [6.07, 6.45) is 1.10. The smallest absolute Gasteiger partial charge is 0.244 e. The Kier molecular flexibility index (Phi) is 11.5. The molecule has 0 saturated heterocycles. The Morgan fingerprint density at radius 2 is 1.40 bits per heavy atom. The Balaban J connectivity index is 2.13. The van der Waals surface area contributed by atoms with Crippen molar-refractivity contribution >= 4 is 85.5 Å². The average Bonchev–Trinajstić information content (AvgIpc) is 2.88. The van der Waals surface area contributed by atoms with Crippen molar-refractivity contribution < 1.29 is 18.0 Å². The third-order valence-electron chi connectivity index (χ3n) is 6.04. The number of nitrogens with zero attached hydrogens (tertiary/aromatic N) is 2. The summed E-state index contributed by atoms with van der Waals surface area (Å²) >= 11 is 31.0. The summed E-state index contributed by atoms with van der Waals surface area (Å²) in [5.74, 6) is -1.09. The van der Waals surface area contributed by atoms with Crippen LogP contribution in [-0.2, 0) is 32.6 Å². The van der Waals surface area contributed by atoms with Gasteiger partial charge in [-0.2, -0.15) is 0 Å². The van der Waals surface area contributed by atoms with Crippen molar-refractivity contribution in [2.75, 3.05) is 17.1 Å². The zero-order chi connectivity index (χ0) is 31.4. The number of nitrogens with one attached hydrogen (secondary N) is 1. The fourth-order valence-electron chi connectivity index (χ4n) is 4.14. The van der Waals surface area contributed by atoms with Gasteiger partial charge in [0.15, 0.2) is 0 Å². The highest BCUT2D eigenvalue weighted by molar-refractivity contribution is 7.92. The van der Waals surface area contributed by atoms with Crippen molar-refractivity contribution in [3.05, 3.63) is 96.9 Å². The molecule has 0 aliphatic heterocycles. The molecule has 0 aliphatic rings. The van der Waals surface area contributed by atoms with Crippen LogP contribution in [0.15, 0.2) is 60.7 Å². The zero-order valence-electron chi connectivity index (χ0n) is 23.3. The topological polar surface area (TPSA) is 86.8 Å². The van der Waals surface area contributed by atoms with E-state index in [-0.39, 0.29) is 38.7 Å². The minimum absolute atomic E-state index is 0.0232. The number of carbonyl (C=O) groups excluding carboxylic acids is 2. The molecule has 7 nitrogen and oxygen atoms in total. The van der Waals surface area contributed by atoms with E-state index < -0.39 is 40.0 Å². The summed E-state index contributed by atoms with van der Waals surface area (Å²) in [4.78, 5) is 29.3. The highest BCUT2D eigenvalue weighted by atomic mass is 35.5. The van der Waals surface area contributed by atoms with E-state index >= 15 is 0 Å². The molecule has 0 aliphatic carbocycles. The van der Waals surface area contributed by atoms with E-state index in [0.29, 0.717) is 10.6 Å². The Labute approximate surface area is 271 Å². The second-order valence-electron chi connectivity index (χ2n) is 10.7. The molecule has 13 heteroatoms. The molecule has 3 rings (SSSR count). The van der Waals surface area contributed by atoms with Crippen molar-refractivity contribution in [1.82, 2.24) is 10.2 Å². The predicted molar refractivity (Wildman–Crippen MR) is 173 cm³/mol. The van der Waals surface area contributed by atoms with Gasteiger partial charge in [-0.3, -0.25) is 13.9 Å². The number of hydrogen-bond acceptors (Lipinski definition) is 4. The highest BCUT2D eigenvalue weighted by Gasteiger charge is 2.35. The minimum Gasteiger partial charge on any atom is -0.350 e. The van der Waals surface area contributed by atoms with Crippen LogP contribution in [0, 0.1) is 0 Å². The molecular formula is C29H30Cl5N3O4S. The predicted octanol–water partition coefficient (Wildman–Crippen LogP) is 7.27. The summed E-state index contributed by atoms with van der Waals surface area (Å²) in [7, 11) is -4.06. The lowest BCUT2D eigenvalue weighted by Gasteiger charge is -2.35. The first-order valence-corrected chi connectivity index (χ1v) is 16.4. The van der Waals surface area contributed by atoms with Crippen LogP contribution in [0.4, 0.5) is 5.69 Å². The largest absolute Gasteiger partial charge is 0.350 e. The number of carbonyl (C=O) groups is 2. The molecule has 3 aromatic rings. The first-order chi connectivity index (χ1) is 19.5. The summed E-state index contributed by atoms with van der Waals surface area (Å²) in [6, 6.07) is 15.6. The third-order valence-corrected chi connectivity index (χ3v) is 8.93. The number of hydrogen-bond donors (Lipinski definition) is 1. The molecule has 0 aromatic heterocycles. The van der Waals surface area contributed by atoms with Crippen molar-refractivity contribution in [2.24, 2.45) is 0 Å². The van der Waals surface area contributed by atoms with Crippen molar-refractivity contribution in [1.29, 1.82) is 0 Å². The number of benzene rings is 3. The second kappa shape index (κ2) is 14.1. The molecule has 0 bridgehead atoms. The maximum absolute atomic E-state index is 14.2. The van der Waals surface area contributed by atoms with Crippen LogP contribution in [0.25, 0.3) is 0 Å². The summed E-state index contributed by atoms with van der Waals surface area (Å²) in [5.41, 5.74) is 0.732. The Morgan fingerprint density at radius 3 is 1.98 bits per heavy atom. The average molecular weight is 694 g/mol. The maximum Gasteiger partial charge on any atom is 0.244 e. The van der Waals surface area contributed by atoms with Crippen LogP contribution < -0.4 is 9.62 Å². The normalized spacial score (nSPS) is 12.5. The first-order valence-electron chi connectivity index (χ1n) is 12.7. The number of anilines is 1. The zero-order valence-corrected chi connectivity index (χ0v) is 27.9. The van der Waals surface area contributed by atoms with Crippen molar-refractivity contribution in [3.63, 3.8) is 0 Å². The minimum atomic E-state index is -4.06. The lowest BCUT2D eigenvalue weighted by molar-refractivity contribution is -0.140. The molecule has 1 N–H and O–H groups in total. The van der Waals surface area contributed by atoms with Crippen LogP contribution in [0.5, 0.6) is 0 Å². The third kappa shape index (κ3) is 9.40. The maximum atomic E-state index is 14.2. The standard InChI is InChI=1S/C29H30Cl5N3O4S/c1-29(2,3)35-28(39)26(13-18-8-6-5-7-9-18)36(16-19-10-11-20(30)21(31)12-19)27(38)17-37(42(4,40)41)25-15-23(33)22(32)14-24(25)34/h5-12,14-15,26H,13,16-17H2,1-4H3,(H,35,39)/t26-/m0/s1. The fraction of sp³-hybridized carbons (Fsp3) is 0.310. The lowest BCUT2D eigenvalue weighted by atomic mass is 10.0. The van der Waals surface area contributed by atoms with Gasteiger partial charge >= 0.3 is 0 Å². The van der Waals surface area contributed by atoms with E-state index in [2.05, 4.69) is 5.32 Å². The quantitative estimate of drug-likeness (QED) is 0.226. The molecule has 0 spiro atoms. The van der Waals surface area contributed by atoms with Crippen LogP contribution in [0.3, 0.4) is 0 Å². The van der Waals surface area contributed by atoms with Gasteiger partial charge < -0.3 is 10.2 Å². The molecule has 3 aromatic carbocycles. The molecular weight excluding hydrogens is 664 g/mol. The number of amides is 2. The fourth-order valence-corrected chi connectivity index (χ4v) is 6.01. The Morgan fingerprint density at radius 1 is 0.810 bits per heavy atom. The summed E-state index contributed by atoms with van der Waals surface area (Å²) < 4.78 is 26.8. The van der Waals surface area contributed by atoms with E-state index in [4.69, 9.17) is 58.0 Å². The second-order valence-corrected chi connectivity index (χ2v) is 14.6. The number of sulfonamides is 1. The molecule has 2 amide bonds. The monoisotopic (exact) mass is 691 g/mol. The molecule has 226 valence electrons. The Bertz CT molecular complexity index is 1560. The van der Waals surface area contributed by atoms with Gasteiger partial charge in [0.2, 0.25) is 21.8 Å². The SMILES string of the molecule is CC(C)(C)NC(=O)[C@H](Cc1ccccc1)N(Cc1ccc(Cl)c(Cl)c1)C(=O)CN(c1cc(Cl)c(Cl)cc1Cl)S(C)(=O)=O. The van der Waals surface area contributed by atoms with Crippen LogP contribution >= 0.6 is 58.0 Å². The van der Waals surface area contributed by atoms with Gasteiger partial charge in [0.05, 0.1) is 37.1 Å². The lowest BCUT2D eigenvalue weighted by Crippen LogP contribution is -2.56. The van der Waals surface area contributed by atoms with Gasteiger partial charge in [-0.1, -0.05) is 94.4 Å². The van der Waals surface area contributed by atoms with Gasteiger partial charge in [-0.25, -0.2) is 8.42 Å². The van der Waals surface area contributed by atoms with E-state index in [1.54, 1.807) is 18.2 Å². The highest BCUT2D eigenvalue weighted by Crippen LogP contribution is 2.36. The van der Waals surface area contributed by atoms with Gasteiger partial charge in [-0.05, 0) is 56.2 Å². The molecule has 0 unspecified atom stereocenters. The summed E-state index contributed by atoms with van der Waals surface area (Å²) in [5, 5.41) is 3.69. The molecule has 1 atom stereocenters. The Hall–Kier alpha value is -2.20. The molecule has 42 heavy (non-hydrogen) atoms. The van der Waals surface area contributed by atoms with Crippen LogP contribution in [0.2, 0.25) is 25.1 Å². The van der Waals surface area contributed by atoms with Gasteiger partial charge in [0.1, 0.15) is 12.6 Å². The van der Waals surface area contributed by atoms with Gasteiger partial charge in [0.25, 0.3) is 0 Å². The molecule has 0 saturated carbocycles. The van der Waals surface area contributed by atoms with E-state index in [0.717, 1.165) is 16.1 Å². The number of rotatable bonds is 10. The summed E-state index contributed by atoms with van der Waals surface area (Å²) in [6.45, 7) is 4.73. The van der Waals surface area contributed by atoms with E-state index in [9.17, 15) is 18.0 Å². The first kappa shape index (κ1) is 34.3. The molecule has 0 radical (unpaired) electrons. The van der Waals surface area contributed by atoms with Crippen LogP contribution in [-0.4, -0.2) is 49.5 Å². The van der Waals surface area contributed by atoms with E-state index in [1.807, 2.05) is 51.1 Å². The number of halogens is 5. The van der Waals surface area contributed by atoms with Crippen molar-refractivity contribution in [2.45, 2.75) is 45.3 Å². The van der Waals surface area contributed by atoms with Gasteiger partial charge in [-0.15, -0.1) is 0 Å². The van der Waals surface area contributed by atoms with Crippen molar-refractivity contribution in [3.8, 4) is 0 Å². The molecule has 0 fully saturated rings. The molecule has 0 heterocycles. The van der Waals surface area contributed by atoms with Crippen LogP contribution in [0.1, 0.15) is 31.9 Å². The van der Waals surface area contributed by atoms with E-state index in [1.165, 1.54) is 17.0 Å². The van der Waals surface area contributed by atoms with Gasteiger partial charge in [0, 0.05) is 18.5 Å².